The second kappa shape index (κ2) is 8.28. The summed E-state index contributed by atoms with van der Waals surface area (Å²) in [6, 6.07) is 12.0. The third kappa shape index (κ3) is 4.69. The van der Waals surface area contributed by atoms with Gasteiger partial charge < -0.3 is 5.32 Å². The lowest BCUT2D eigenvalue weighted by Gasteiger charge is -2.24. The lowest BCUT2D eigenvalue weighted by molar-refractivity contribution is -0.117. The average Bonchev–Trinajstić information content (AvgIpc) is 3.18. The fourth-order valence-corrected chi connectivity index (χ4v) is 2.80. The zero-order valence-electron chi connectivity index (χ0n) is 14.9. The van der Waals surface area contributed by atoms with Crippen LogP contribution in [0.25, 0.3) is 5.69 Å². The number of rotatable bonds is 6. The number of likely N-dealkylation sites (N-methyl/N-ethyl adjacent to an activating group) is 1. The summed E-state index contributed by atoms with van der Waals surface area (Å²) in [5.74, 6) is -0.861. The maximum atomic E-state index is 13.8. The first-order chi connectivity index (χ1) is 12.9. The van der Waals surface area contributed by atoms with Gasteiger partial charge in [0.25, 0.3) is 0 Å². The molecule has 1 N–H and O–H groups in total. The van der Waals surface area contributed by atoms with Crippen molar-refractivity contribution in [1.82, 2.24) is 19.7 Å². The number of amides is 1. The molecule has 0 aliphatic heterocycles. The molecule has 3 rings (SSSR count). The van der Waals surface area contributed by atoms with Crippen LogP contribution in [-0.2, 0) is 4.79 Å². The van der Waals surface area contributed by atoms with Gasteiger partial charge in [0.15, 0.2) is 0 Å². The third-order valence-corrected chi connectivity index (χ3v) is 4.55. The van der Waals surface area contributed by atoms with Gasteiger partial charge in [-0.3, -0.25) is 9.69 Å². The molecule has 1 aromatic heterocycles. The normalized spacial score (nSPS) is 12.2. The van der Waals surface area contributed by atoms with Crippen molar-refractivity contribution >= 4 is 23.2 Å². The van der Waals surface area contributed by atoms with E-state index in [1.54, 1.807) is 11.0 Å². The minimum absolute atomic E-state index is 0.00406. The van der Waals surface area contributed by atoms with Gasteiger partial charge >= 0.3 is 0 Å². The van der Waals surface area contributed by atoms with Crippen LogP contribution in [0.1, 0.15) is 18.5 Å². The summed E-state index contributed by atoms with van der Waals surface area (Å²) in [6.45, 7) is 2.12. The molecule has 0 unspecified atom stereocenters. The number of hydrogen-bond donors (Lipinski definition) is 1. The standard InChI is InChI=1S/C19H19ClFN5O/c1-13(14-3-6-16(7-4-14)26-12-22-11-23-26)25(2)10-19(27)24-18-8-5-15(20)9-17(18)21/h3-9,11-13H,10H2,1-2H3,(H,24,27)/t13-/m1/s1. The predicted molar refractivity (Wildman–Crippen MR) is 102 cm³/mol. The second-order valence-electron chi connectivity index (χ2n) is 6.20. The maximum absolute atomic E-state index is 13.8. The molecular weight excluding hydrogens is 369 g/mol. The smallest absolute Gasteiger partial charge is 0.238 e. The van der Waals surface area contributed by atoms with Crippen LogP contribution in [0.15, 0.2) is 55.1 Å². The number of nitrogens with one attached hydrogen (secondary N) is 1. The number of aromatic nitrogens is 3. The molecule has 0 radical (unpaired) electrons. The van der Waals surface area contributed by atoms with Crippen molar-refractivity contribution < 1.29 is 9.18 Å². The molecule has 0 saturated carbocycles. The Bertz CT molecular complexity index is 914. The summed E-state index contributed by atoms with van der Waals surface area (Å²) < 4.78 is 15.5. The molecule has 140 valence electrons. The molecular formula is C19H19ClFN5O. The number of carbonyl (C=O) groups is 1. The Hall–Kier alpha value is -2.77. The van der Waals surface area contributed by atoms with Crippen molar-refractivity contribution in [2.45, 2.75) is 13.0 Å². The molecule has 1 heterocycles. The zero-order valence-corrected chi connectivity index (χ0v) is 15.7. The fraction of sp³-hybridized carbons (Fsp3) is 0.211. The van der Waals surface area contributed by atoms with Gasteiger partial charge in [0.1, 0.15) is 18.5 Å². The number of nitrogens with zero attached hydrogens (tertiary/aromatic N) is 4. The largest absolute Gasteiger partial charge is 0.322 e. The first kappa shape index (κ1) is 19.0. The average molecular weight is 388 g/mol. The van der Waals surface area contributed by atoms with E-state index in [2.05, 4.69) is 15.4 Å². The highest BCUT2D eigenvalue weighted by Gasteiger charge is 2.16. The van der Waals surface area contributed by atoms with Crippen LogP contribution in [0, 0.1) is 5.82 Å². The first-order valence-corrected chi connectivity index (χ1v) is 8.72. The van der Waals surface area contributed by atoms with E-state index >= 15 is 0 Å². The highest BCUT2D eigenvalue weighted by Crippen LogP contribution is 2.21. The highest BCUT2D eigenvalue weighted by atomic mass is 35.5. The summed E-state index contributed by atoms with van der Waals surface area (Å²) in [5.41, 5.74) is 2.07. The Morgan fingerprint density at radius 2 is 2.04 bits per heavy atom. The molecule has 0 spiro atoms. The summed E-state index contributed by atoms with van der Waals surface area (Å²) in [6.07, 6.45) is 3.11. The van der Waals surface area contributed by atoms with Crippen molar-refractivity contribution in [3.63, 3.8) is 0 Å². The summed E-state index contributed by atoms with van der Waals surface area (Å²) in [4.78, 5) is 18.0. The maximum Gasteiger partial charge on any atom is 0.238 e. The van der Waals surface area contributed by atoms with Gasteiger partial charge in [0.2, 0.25) is 5.91 Å². The SMILES string of the molecule is C[C@H](c1ccc(-n2cncn2)cc1)N(C)CC(=O)Nc1ccc(Cl)cc1F. The van der Waals surface area contributed by atoms with Crippen LogP contribution in [0.4, 0.5) is 10.1 Å². The summed E-state index contributed by atoms with van der Waals surface area (Å²) in [5, 5.41) is 6.94. The van der Waals surface area contributed by atoms with E-state index in [0.717, 1.165) is 11.3 Å². The van der Waals surface area contributed by atoms with Crippen LogP contribution in [0.5, 0.6) is 0 Å². The van der Waals surface area contributed by atoms with Gasteiger partial charge in [-0.25, -0.2) is 14.1 Å². The Kier molecular flexibility index (Phi) is 5.83. The molecule has 0 fully saturated rings. The van der Waals surface area contributed by atoms with Crippen molar-refractivity contribution in [3.8, 4) is 5.69 Å². The van der Waals surface area contributed by atoms with E-state index in [4.69, 9.17) is 11.6 Å². The molecule has 3 aromatic rings. The fourth-order valence-electron chi connectivity index (χ4n) is 2.65. The van der Waals surface area contributed by atoms with Crippen LogP contribution in [0.3, 0.4) is 0 Å². The van der Waals surface area contributed by atoms with Crippen LogP contribution >= 0.6 is 11.6 Å². The molecule has 8 heteroatoms. The molecule has 0 aliphatic carbocycles. The van der Waals surface area contributed by atoms with Gasteiger partial charge in [-0.05, 0) is 49.9 Å². The number of benzene rings is 2. The number of halogens is 2. The van der Waals surface area contributed by atoms with Gasteiger partial charge in [-0.15, -0.1) is 0 Å². The van der Waals surface area contributed by atoms with E-state index in [0.29, 0.717) is 0 Å². The summed E-state index contributed by atoms with van der Waals surface area (Å²) in [7, 11) is 1.84. The molecule has 6 nitrogen and oxygen atoms in total. The Balaban J connectivity index is 1.61. The molecule has 2 aromatic carbocycles. The van der Waals surface area contributed by atoms with Gasteiger partial charge in [0.05, 0.1) is 17.9 Å². The minimum Gasteiger partial charge on any atom is -0.322 e. The molecule has 0 saturated heterocycles. The van der Waals surface area contributed by atoms with Crippen LogP contribution in [0.2, 0.25) is 5.02 Å². The quantitative estimate of drug-likeness (QED) is 0.700. The van der Waals surface area contributed by atoms with E-state index in [1.165, 1.54) is 24.5 Å². The number of hydrogen-bond acceptors (Lipinski definition) is 4. The van der Waals surface area contributed by atoms with Gasteiger partial charge in [0, 0.05) is 11.1 Å². The van der Waals surface area contributed by atoms with Gasteiger partial charge in [-0.1, -0.05) is 23.7 Å². The van der Waals surface area contributed by atoms with E-state index in [-0.39, 0.29) is 29.2 Å². The molecule has 0 aliphatic rings. The van der Waals surface area contributed by atoms with Crippen molar-refractivity contribution in [3.05, 3.63) is 71.5 Å². The number of carbonyl (C=O) groups excluding carboxylic acids is 1. The first-order valence-electron chi connectivity index (χ1n) is 8.34. The monoisotopic (exact) mass is 387 g/mol. The van der Waals surface area contributed by atoms with Gasteiger partial charge in [-0.2, -0.15) is 5.10 Å². The molecule has 0 bridgehead atoms. The molecule has 1 atom stereocenters. The molecule has 27 heavy (non-hydrogen) atoms. The second-order valence-corrected chi connectivity index (χ2v) is 6.63. The zero-order chi connectivity index (χ0) is 19.4. The van der Waals surface area contributed by atoms with Crippen molar-refractivity contribution in [2.24, 2.45) is 0 Å². The third-order valence-electron chi connectivity index (χ3n) is 4.32. The molecule has 1 amide bonds. The Labute approximate surface area is 161 Å². The van der Waals surface area contributed by atoms with E-state index in [1.807, 2.05) is 43.1 Å². The minimum atomic E-state index is -0.560. The lowest BCUT2D eigenvalue weighted by Crippen LogP contribution is -2.32. The Morgan fingerprint density at radius 1 is 1.30 bits per heavy atom. The topological polar surface area (TPSA) is 63.1 Å². The van der Waals surface area contributed by atoms with Crippen molar-refractivity contribution in [1.29, 1.82) is 0 Å². The van der Waals surface area contributed by atoms with Crippen LogP contribution in [-0.4, -0.2) is 39.2 Å². The lowest BCUT2D eigenvalue weighted by atomic mass is 10.1. The summed E-state index contributed by atoms with van der Waals surface area (Å²) >= 11 is 5.72. The van der Waals surface area contributed by atoms with Crippen LogP contribution < -0.4 is 5.32 Å². The highest BCUT2D eigenvalue weighted by molar-refractivity contribution is 6.30. The van der Waals surface area contributed by atoms with E-state index in [9.17, 15) is 9.18 Å². The number of anilines is 1. The predicted octanol–water partition coefficient (Wildman–Crippen LogP) is 3.69. The Morgan fingerprint density at radius 3 is 2.67 bits per heavy atom. The van der Waals surface area contributed by atoms with E-state index < -0.39 is 5.82 Å². The van der Waals surface area contributed by atoms with Crippen molar-refractivity contribution in [2.75, 3.05) is 18.9 Å².